The van der Waals surface area contributed by atoms with Crippen LogP contribution in [0.1, 0.15) is 19.3 Å². The van der Waals surface area contributed by atoms with Crippen LogP contribution in [0.2, 0.25) is 0 Å². The van der Waals surface area contributed by atoms with Crippen LogP contribution in [0, 0.1) is 0 Å². The van der Waals surface area contributed by atoms with Gasteiger partial charge in [0.15, 0.2) is 8.43 Å². The standard InChI is InChI=1S/C10H11Br9O2/c11-7(12,3-5-21-6-2-1-4-20-6)8(13,14)9(15,16)10(17,18)19/h6H,1-5H2. The van der Waals surface area contributed by atoms with E-state index in [1.54, 1.807) is 0 Å². The first-order valence-electron chi connectivity index (χ1n) is 5.76. The number of rotatable bonds is 6. The molecule has 126 valence electrons. The van der Waals surface area contributed by atoms with Crippen LogP contribution in [0.4, 0.5) is 0 Å². The summed E-state index contributed by atoms with van der Waals surface area (Å²) in [5.74, 6) is 0. The van der Waals surface area contributed by atoms with E-state index in [0.717, 1.165) is 19.4 Å². The Kier molecular flexibility index (Phi) is 9.92. The number of hydrogen-bond donors (Lipinski definition) is 0. The first kappa shape index (κ1) is 23.3. The Labute approximate surface area is 200 Å². The molecule has 1 aliphatic heterocycles. The zero-order valence-electron chi connectivity index (χ0n) is 10.3. The summed E-state index contributed by atoms with van der Waals surface area (Å²) in [5.41, 5.74) is 0. The summed E-state index contributed by atoms with van der Waals surface area (Å²) in [7, 11) is 0. The van der Waals surface area contributed by atoms with Gasteiger partial charge in [-0.05, 0) is 12.8 Å². The van der Waals surface area contributed by atoms with Gasteiger partial charge in [0.05, 0.1) is 6.61 Å². The van der Waals surface area contributed by atoms with Crippen LogP contribution in [0.15, 0.2) is 0 Å². The molecule has 1 atom stereocenters. The molecule has 1 saturated heterocycles. The van der Waals surface area contributed by atoms with E-state index in [4.69, 9.17) is 9.47 Å². The second kappa shape index (κ2) is 8.95. The Morgan fingerprint density at radius 2 is 1.48 bits per heavy atom. The Morgan fingerprint density at radius 1 is 0.905 bits per heavy atom. The first-order valence-corrected chi connectivity index (χ1v) is 12.9. The molecule has 0 aromatic carbocycles. The van der Waals surface area contributed by atoms with E-state index >= 15 is 0 Å². The quantitative estimate of drug-likeness (QED) is 0.254. The molecular formula is C10H11Br9O2. The van der Waals surface area contributed by atoms with E-state index in [1.165, 1.54) is 0 Å². The molecule has 0 aromatic rings. The van der Waals surface area contributed by atoms with Crippen LogP contribution < -0.4 is 0 Å². The maximum Gasteiger partial charge on any atom is 0.162 e. The highest BCUT2D eigenvalue weighted by Crippen LogP contribution is 2.68. The van der Waals surface area contributed by atoms with E-state index in [0.29, 0.717) is 13.0 Å². The predicted molar refractivity (Wildman–Crippen MR) is 121 cm³/mol. The third-order valence-electron chi connectivity index (χ3n) is 2.82. The summed E-state index contributed by atoms with van der Waals surface area (Å²) < 4.78 is 8.77. The molecule has 1 aliphatic rings. The van der Waals surface area contributed by atoms with E-state index in [9.17, 15) is 0 Å². The molecule has 11 heteroatoms. The van der Waals surface area contributed by atoms with Crippen molar-refractivity contribution in [2.45, 2.75) is 37.4 Å². The SMILES string of the molecule is BrC(Br)(Br)C(Br)(Br)C(Br)(Br)C(Br)(Br)CCOC1CCCO1. The van der Waals surface area contributed by atoms with Crippen molar-refractivity contribution in [3.8, 4) is 0 Å². The summed E-state index contributed by atoms with van der Waals surface area (Å²) in [6.07, 6.45) is 2.62. The molecule has 21 heavy (non-hydrogen) atoms. The normalized spacial score (nSPS) is 21.9. The van der Waals surface area contributed by atoms with Crippen LogP contribution in [0.5, 0.6) is 0 Å². The number of alkyl halides is 9. The van der Waals surface area contributed by atoms with Gasteiger partial charge in [0.1, 0.15) is 9.70 Å². The maximum atomic E-state index is 5.74. The van der Waals surface area contributed by atoms with Crippen molar-refractivity contribution in [2.24, 2.45) is 0 Å². The third kappa shape index (κ3) is 5.86. The van der Waals surface area contributed by atoms with Crippen molar-refractivity contribution in [1.82, 2.24) is 0 Å². The highest BCUT2D eigenvalue weighted by Gasteiger charge is 2.64. The van der Waals surface area contributed by atoms with Gasteiger partial charge in [0.25, 0.3) is 0 Å². The van der Waals surface area contributed by atoms with Gasteiger partial charge in [-0.2, -0.15) is 0 Å². The van der Waals surface area contributed by atoms with Crippen molar-refractivity contribution in [3.63, 3.8) is 0 Å². The molecule has 0 amide bonds. The Balaban J connectivity index is 2.69. The second-order valence-electron chi connectivity index (χ2n) is 4.41. The van der Waals surface area contributed by atoms with Gasteiger partial charge in [0, 0.05) is 13.0 Å². The molecule has 0 aromatic heterocycles. The van der Waals surface area contributed by atoms with Crippen LogP contribution in [0.3, 0.4) is 0 Å². The lowest BCUT2D eigenvalue weighted by molar-refractivity contribution is -0.111. The van der Waals surface area contributed by atoms with Gasteiger partial charge < -0.3 is 9.47 Å². The molecule has 1 unspecified atom stereocenters. The van der Waals surface area contributed by atoms with Gasteiger partial charge in [-0.3, -0.25) is 0 Å². The molecule has 1 heterocycles. The zero-order valence-corrected chi connectivity index (χ0v) is 24.6. The van der Waals surface area contributed by atoms with E-state index in [-0.39, 0.29) is 6.29 Å². The third-order valence-corrected chi connectivity index (χ3v) is 19.0. The lowest BCUT2D eigenvalue weighted by atomic mass is 10.2. The van der Waals surface area contributed by atoms with Crippen molar-refractivity contribution >= 4 is 143 Å². The van der Waals surface area contributed by atoms with Crippen LogP contribution in [0.25, 0.3) is 0 Å². The minimum atomic E-state index is -0.656. The minimum absolute atomic E-state index is 0.0823. The molecule has 0 saturated carbocycles. The fraction of sp³-hybridized carbons (Fsp3) is 1.00. The molecule has 0 radical (unpaired) electrons. The van der Waals surface area contributed by atoms with Crippen LogP contribution in [-0.4, -0.2) is 31.3 Å². The topological polar surface area (TPSA) is 18.5 Å². The summed E-state index contributed by atoms with van der Waals surface area (Å²) in [6.45, 7) is 1.33. The fourth-order valence-corrected chi connectivity index (χ4v) is 7.70. The smallest absolute Gasteiger partial charge is 0.162 e. The molecule has 0 bridgehead atoms. The van der Waals surface area contributed by atoms with E-state index < -0.39 is 11.8 Å². The van der Waals surface area contributed by atoms with E-state index in [2.05, 4.69) is 143 Å². The summed E-state index contributed by atoms with van der Waals surface area (Å²) in [6, 6.07) is 0. The highest BCUT2D eigenvalue weighted by molar-refractivity contribution is 9.42. The molecule has 0 spiro atoms. The molecule has 0 aliphatic carbocycles. The lowest BCUT2D eigenvalue weighted by Crippen LogP contribution is -2.54. The number of halogens is 9. The summed E-state index contributed by atoms with van der Waals surface area (Å²) >= 11 is 32.9. The van der Waals surface area contributed by atoms with E-state index in [1.807, 2.05) is 0 Å². The molecule has 1 fully saturated rings. The largest absolute Gasteiger partial charge is 0.353 e. The zero-order chi connectivity index (χ0) is 16.5. The Hall–Kier alpha value is 4.24. The monoisotopic (exact) mass is 873 g/mol. The molecule has 0 N–H and O–H groups in total. The van der Waals surface area contributed by atoms with Crippen molar-refractivity contribution in [2.75, 3.05) is 13.2 Å². The summed E-state index contributed by atoms with van der Waals surface area (Å²) in [5, 5.41) is 0. The Morgan fingerprint density at radius 3 is 1.90 bits per heavy atom. The highest BCUT2D eigenvalue weighted by atomic mass is 80.0. The minimum Gasteiger partial charge on any atom is -0.353 e. The Bertz CT molecular complexity index is 347. The predicted octanol–water partition coefficient (Wildman–Crippen LogP) is 7.83. The maximum absolute atomic E-state index is 5.74. The molecular weight excluding hydrogens is 871 g/mol. The van der Waals surface area contributed by atoms with Crippen molar-refractivity contribution in [3.05, 3.63) is 0 Å². The van der Waals surface area contributed by atoms with Crippen molar-refractivity contribution in [1.29, 1.82) is 0 Å². The number of hydrogen-bond acceptors (Lipinski definition) is 2. The van der Waals surface area contributed by atoms with Gasteiger partial charge in [0.2, 0.25) is 0 Å². The van der Waals surface area contributed by atoms with Gasteiger partial charge in [-0.1, -0.05) is 143 Å². The second-order valence-corrected chi connectivity index (χ2v) is 21.8. The average molecular weight is 882 g/mol. The van der Waals surface area contributed by atoms with Crippen LogP contribution in [-0.2, 0) is 9.47 Å². The van der Waals surface area contributed by atoms with Gasteiger partial charge in [-0.25, -0.2) is 0 Å². The van der Waals surface area contributed by atoms with Crippen molar-refractivity contribution < 1.29 is 9.47 Å². The number of ether oxygens (including phenoxy) is 2. The van der Waals surface area contributed by atoms with Gasteiger partial charge >= 0.3 is 0 Å². The first-order chi connectivity index (χ1) is 9.33. The molecule has 1 rings (SSSR count). The van der Waals surface area contributed by atoms with Crippen LogP contribution >= 0.6 is 143 Å². The lowest BCUT2D eigenvalue weighted by Gasteiger charge is -2.47. The van der Waals surface area contributed by atoms with Gasteiger partial charge in [-0.15, -0.1) is 0 Å². The average Bonchev–Trinajstić information content (AvgIpc) is 2.79. The molecule has 2 nitrogen and oxygen atoms in total. The fourth-order valence-electron chi connectivity index (χ4n) is 1.56. The summed E-state index contributed by atoms with van der Waals surface area (Å²) in [4.78, 5) is 0.